The minimum atomic E-state index is -2.88. The maximum atomic E-state index is 14.8. The molecule has 3 heterocycles. The lowest BCUT2D eigenvalue weighted by molar-refractivity contribution is 0.0171. The van der Waals surface area contributed by atoms with Crippen molar-refractivity contribution in [1.82, 2.24) is 14.8 Å². The van der Waals surface area contributed by atoms with Crippen molar-refractivity contribution < 1.29 is 17.9 Å². The van der Waals surface area contributed by atoms with Gasteiger partial charge in [0, 0.05) is 44.1 Å². The van der Waals surface area contributed by atoms with Crippen LogP contribution >= 0.6 is 0 Å². The predicted octanol–water partition coefficient (Wildman–Crippen LogP) is 6.11. The van der Waals surface area contributed by atoms with Gasteiger partial charge in [0.1, 0.15) is 11.5 Å². The van der Waals surface area contributed by atoms with E-state index in [1.165, 1.54) is 12.3 Å². The van der Waals surface area contributed by atoms with Crippen molar-refractivity contribution in [3.8, 4) is 0 Å². The van der Waals surface area contributed by atoms with Gasteiger partial charge in [0.15, 0.2) is 0 Å². The Morgan fingerprint density at radius 2 is 1.77 bits per heavy atom. The lowest BCUT2D eigenvalue weighted by Gasteiger charge is -2.39. The fraction of sp³-hybridized carbons (Fsp3) is 0.704. The van der Waals surface area contributed by atoms with E-state index in [0.717, 1.165) is 57.2 Å². The summed E-state index contributed by atoms with van der Waals surface area (Å²) in [6.07, 6.45) is 5.37. The number of nitrogens with zero attached hydrogens (tertiary/aromatic N) is 4. The highest BCUT2D eigenvalue weighted by Gasteiger charge is 2.43. The lowest BCUT2D eigenvalue weighted by atomic mass is 9.81. The predicted molar refractivity (Wildman–Crippen MR) is 131 cm³/mol. The second-order valence-corrected chi connectivity index (χ2v) is 10.8. The van der Waals surface area contributed by atoms with E-state index in [-0.39, 0.29) is 11.7 Å². The Labute approximate surface area is 207 Å². The van der Waals surface area contributed by atoms with Crippen LogP contribution in [0.2, 0.25) is 0 Å². The second-order valence-electron chi connectivity index (χ2n) is 10.8. The molecule has 0 radical (unpaired) electrons. The standard InChI is InChI=1S/C27H39F3N4O/c1-6-22(35-7-2)17-34-21(13-24(32-34)26(3,4)28)12-23-18-8-9-19(23)16-33(15-18)25-11-10-20(14-31-25)27(5,29)30/h10-11,13-14,18-19,22-23H,6-9,12,15-17H2,1-5H3. The van der Waals surface area contributed by atoms with Crippen LogP contribution in [-0.2, 0) is 29.3 Å². The summed E-state index contributed by atoms with van der Waals surface area (Å²) in [6.45, 7) is 11.1. The molecule has 0 amide bonds. The number of fused-ring (bicyclic) bond motifs is 2. The highest BCUT2D eigenvalue weighted by molar-refractivity contribution is 5.41. The average molecular weight is 493 g/mol. The Morgan fingerprint density at radius 3 is 2.29 bits per heavy atom. The summed E-state index contributed by atoms with van der Waals surface area (Å²) in [5.41, 5.74) is -0.00747. The van der Waals surface area contributed by atoms with Crippen molar-refractivity contribution in [1.29, 1.82) is 0 Å². The van der Waals surface area contributed by atoms with Gasteiger partial charge < -0.3 is 9.64 Å². The summed E-state index contributed by atoms with van der Waals surface area (Å²) in [5.74, 6) is -0.651. The van der Waals surface area contributed by atoms with E-state index >= 15 is 0 Å². The third-order valence-corrected chi connectivity index (χ3v) is 7.76. The molecule has 4 rings (SSSR count). The molecule has 3 unspecified atom stereocenters. The third-order valence-electron chi connectivity index (χ3n) is 7.76. The van der Waals surface area contributed by atoms with Crippen LogP contribution in [0, 0.1) is 17.8 Å². The third kappa shape index (κ3) is 5.84. The van der Waals surface area contributed by atoms with E-state index in [1.807, 2.05) is 17.7 Å². The van der Waals surface area contributed by atoms with Gasteiger partial charge in [-0.1, -0.05) is 6.92 Å². The largest absolute Gasteiger partial charge is 0.377 e. The number of anilines is 1. The van der Waals surface area contributed by atoms with Crippen molar-refractivity contribution in [2.24, 2.45) is 17.8 Å². The Bertz CT molecular complexity index is 966. The van der Waals surface area contributed by atoms with Crippen molar-refractivity contribution in [2.75, 3.05) is 24.6 Å². The summed E-state index contributed by atoms with van der Waals surface area (Å²) in [7, 11) is 0. The van der Waals surface area contributed by atoms with Gasteiger partial charge in [-0.3, -0.25) is 4.68 Å². The average Bonchev–Trinajstić information content (AvgIpc) is 3.29. The molecule has 1 saturated heterocycles. The van der Waals surface area contributed by atoms with Gasteiger partial charge in [0.2, 0.25) is 0 Å². The Hall–Kier alpha value is -2.09. The summed E-state index contributed by atoms with van der Waals surface area (Å²) in [4.78, 5) is 6.60. The topological polar surface area (TPSA) is 43.2 Å². The summed E-state index contributed by atoms with van der Waals surface area (Å²) in [5, 5.41) is 4.66. The monoisotopic (exact) mass is 492 g/mol. The zero-order chi connectivity index (χ0) is 25.4. The zero-order valence-corrected chi connectivity index (χ0v) is 21.6. The van der Waals surface area contributed by atoms with Crippen molar-refractivity contribution in [3.63, 3.8) is 0 Å². The molecule has 2 aromatic heterocycles. The number of aromatic nitrogens is 3. The number of alkyl halides is 3. The molecule has 0 N–H and O–H groups in total. The number of rotatable bonds is 10. The van der Waals surface area contributed by atoms with Crippen LogP contribution < -0.4 is 4.90 Å². The van der Waals surface area contributed by atoms with Crippen LogP contribution in [0.3, 0.4) is 0 Å². The van der Waals surface area contributed by atoms with Crippen LogP contribution in [0.25, 0.3) is 0 Å². The Kier molecular flexibility index (Phi) is 7.51. The number of halogens is 3. The van der Waals surface area contributed by atoms with Gasteiger partial charge in [-0.2, -0.15) is 5.10 Å². The molecule has 0 spiro atoms. The fourth-order valence-electron chi connectivity index (χ4n) is 5.73. The van der Waals surface area contributed by atoms with E-state index in [4.69, 9.17) is 4.74 Å². The van der Waals surface area contributed by atoms with Crippen LogP contribution in [0.1, 0.15) is 70.8 Å². The van der Waals surface area contributed by atoms with Crippen molar-refractivity contribution in [3.05, 3.63) is 41.3 Å². The Balaban J connectivity index is 1.50. The van der Waals surface area contributed by atoms with E-state index in [2.05, 4.69) is 21.9 Å². The normalized spacial score (nSPS) is 23.7. The quantitative estimate of drug-likeness (QED) is 0.401. The van der Waals surface area contributed by atoms with Crippen molar-refractivity contribution in [2.45, 2.75) is 84.5 Å². The minimum absolute atomic E-state index is 0.0531. The second kappa shape index (κ2) is 10.1. The molecule has 8 heteroatoms. The number of piperidine rings is 1. The van der Waals surface area contributed by atoms with Gasteiger partial charge in [0.05, 0.1) is 18.3 Å². The summed E-state index contributed by atoms with van der Waals surface area (Å²) < 4.78 is 49.8. The number of hydrogen-bond donors (Lipinski definition) is 0. The van der Waals surface area contributed by atoms with Gasteiger partial charge in [0.25, 0.3) is 5.92 Å². The van der Waals surface area contributed by atoms with Gasteiger partial charge >= 0.3 is 0 Å². The van der Waals surface area contributed by atoms with Crippen molar-refractivity contribution >= 4 is 5.82 Å². The SMILES string of the molecule is CCOC(CC)Cn1nc(C(C)(C)F)cc1CC1C2CCC1CN(c1ccc(C(C)(F)F)cn1)C2. The molecule has 2 aromatic rings. The molecular formula is C27H39F3N4O. The minimum Gasteiger partial charge on any atom is -0.377 e. The highest BCUT2D eigenvalue weighted by atomic mass is 19.3. The number of hydrogen-bond acceptors (Lipinski definition) is 4. The molecule has 194 valence electrons. The smallest absolute Gasteiger partial charge is 0.272 e. The first kappa shape index (κ1) is 26.0. The first-order valence-corrected chi connectivity index (χ1v) is 13.0. The molecule has 2 aliphatic rings. The molecule has 3 atom stereocenters. The summed E-state index contributed by atoms with van der Waals surface area (Å²) >= 11 is 0. The zero-order valence-electron chi connectivity index (χ0n) is 21.6. The molecule has 0 aromatic carbocycles. The number of pyridine rings is 1. The lowest BCUT2D eigenvalue weighted by Crippen LogP contribution is -2.43. The van der Waals surface area contributed by atoms with Crippen LogP contribution in [0.4, 0.5) is 19.0 Å². The summed E-state index contributed by atoms with van der Waals surface area (Å²) in [6, 6.07) is 5.14. The first-order valence-electron chi connectivity index (χ1n) is 13.0. The van der Waals surface area contributed by atoms with Crippen LogP contribution in [0.15, 0.2) is 24.4 Å². The Morgan fingerprint density at radius 1 is 1.09 bits per heavy atom. The van der Waals surface area contributed by atoms with E-state index in [1.54, 1.807) is 19.9 Å². The van der Waals surface area contributed by atoms with Gasteiger partial charge in [-0.15, -0.1) is 0 Å². The van der Waals surface area contributed by atoms with Gasteiger partial charge in [-0.05, 0) is 82.4 Å². The van der Waals surface area contributed by atoms with Gasteiger partial charge in [-0.25, -0.2) is 18.2 Å². The van der Waals surface area contributed by atoms with E-state index in [0.29, 0.717) is 36.6 Å². The molecule has 2 fully saturated rings. The first-order chi connectivity index (χ1) is 16.5. The maximum absolute atomic E-state index is 14.8. The number of ether oxygens (including phenoxy) is 1. The van der Waals surface area contributed by atoms with Crippen LogP contribution in [-0.4, -0.2) is 40.6 Å². The van der Waals surface area contributed by atoms with E-state index < -0.39 is 11.6 Å². The van der Waals surface area contributed by atoms with Crippen LogP contribution in [0.5, 0.6) is 0 Å². The molecule has 1 saturated carbocycles. The molecular weight excluding hydrogens is 453 g/mol. The van der Waals surface area contributed by atoms with E-state index in [9.17, 15) is 13.2 Å². The molecule has 2 bridgehead atoms. The highest BCUT2D eigenvalue weighted by Crippen LogP contribution is 2.45. The molecule has 1 aliphatic carbocycles. The maximum Gasteiger partial charge on any atom is 0.272 e. The fourth-order valence-corrected chi connectivity index (χ4v) is 5.73. The molecule has 35 heavy (non-hydrogen) atoms. The molecule has 5 nitrogen and oxygen atoms in total. The molecule has 1 aliphatic heterocycles.